The molecule has 0 unspecified atom stereocenters. The summed E-state index contributed by atoms with van der Waals surface area (Å²) >= 11 is 6.20. The highest BCUT2D eigenvalue weighted by Gasteiger charge is 2.37. The van der Waals surface area contributed by atoms with Gasteiger partial charge in [-0.25, -0.2) is 0 Å². The van der Waals surface area contributed by atoms with E-state index in [0.29, 0.717) is 0 Å². The van der Waals surface area contributed by atoms with E-state index in [2.05, 4.69) is 12.1 Å². The van der Waals surface area contributed by atoms with Crippen LogP contribution in [0.4, 0.5) is 0 Å². The van der Waals surface area contributed by atoms with E-state index in [4.69, 9.17) is 17.3 Å². The van der Waals surface area contributed by atoms with Crippen LogP contribution in [0.15, 0.2) is 18.2 Å². The molecule has 1 saturated carbocycles. The number of hydrogen-bond acceptors (Lipinski definition) is 1. The maximum Gasteiger partial charge on any atom is 0.0467 e. The molecule has 0 amide bonds. The normalized spacial score (nSPS) is 18.2. The molecule has 1 aromatic carbocycles. The quantitative estimate of drug-likeness (QED) is 0.814. The van der Waals surface area contributed by atoms with E-state index < -0.39 is 0 Å². The maximum absolute atomic E-state index is 6.20. The average Bonchev–Trinajstić information content (AvgIpc) is 2.88. The molecule has 0 atom stereocenters. The number of halogens is 1. The summed E-state index contributed by atoms with van der Waals surface area (Å²) in [5.41, 5.74) is 8.57. The Kier molecular flexibility index (Phi) is 2.54. The van der Waals surface area contributed by atoms with Gasteiger partial charge in [-0.15, -0.1) is 0 Å². The van der Waals surface area contributed by atoms with Crippen molar-refractivity contribution < 1.29 is 0 Å². The lowest BCUT2D eigenvalue weighted by molar-refractivity contribution is 0.609. The van der Waals surface area contributed by atoms with Crippen LogP contribution in [-0.4, -0.2) is 5.54 Å². The van der Waals surface area contributed by atoms with Crippen LogP contribution in [0, 0.1) is 6.92 Å². The Balaban J connectivity index is 2.05. The molecule has 1 aliphatic rings. The van der Waals surface area contributed by atoms with Crippen LogP contribution < -0.4 is 5.73 Å². The summed E-state index contributed by atoms with van der Waals surface area (Å²) in [4.78, 5) is 0. The van der Waals surface area contributed by atoms with Crippen molar-refractivity contribution >= 4 is 11.6 Å². The second-order valence-corrected chi connectivity index (χ2v) is 4.79. The number of hydrogen-bond donors (Lipinski definition) is 1. The molecule has 1 aliphatic carbocycles. The molecule has 0 aliphatic heterocycles. The van der Waals surface area contributed by atoms with Gasteiger partial charge in [0, 0.05) is 10.6 Å². The van der Waals surface area contributed by atoms with Gasteiger partial charge in [0.15, 0.2) is 0 Å². The number of rotatable bonds is 3. The summed E-state index contributed by atoms with van der Waals surface area (Å²) in [6.07, 6.45) is 4.43. The minimum Gasteiger partial charge on any atom is -0.325 e. The Hall–Kier alpha value is -0.530. The third kappa shape index (κ3) is 2.10. The van der Waals surface area contributed by atoms with Gasteiger partial charge in [-0.3, -0.25) is 0 Å². The van der Waals surface area contributed by atoms with E-state index in [9.17, 15) is 0 Å². The van der Waals surface area contributed by atoms with Gasteiger partial charge >= 0.3 is 0 Å². The lowest BCUT2D eigenvalue weighted by atomic mass is 10.0. The molecule has 0 saturated heterocycles. The summed E-state index contributed by atoms with van der Waals surface area (Å²) in [5, 5.41) is 0.914. The zero-order chi connectivity index (χ0) is 10.2. The summed E-state index contributed by atoms with van der Waals surface area (Å²) in [5.74, 6) is 0. The fourth-order valence-electron chi connectivity index (χ4n) is 1.70. The molecule has 2 heteroatoms. The zero-order valence-electron chi connectivity index (χ0n) is 8.52. The third-order valence-electron chi connectivity index (χ3n) is 3.06. The summed E-state index contributed by atoms with van der Waals surface area (Å²) < 4.78 is 0. The Bertz CT molecular complexity index is 342. The topological polar surface area (TPSA) is 26.0 Å². The molecule has 2 rings (SSSR count). The van der Waals surface area contributed by atoms with Gasteiger partial charge in [0.1, 0.15) is 0 Å². The van der Waals surface area contributed by atoms with E-state index in [1.54, 1.807) is 0 Å². The second kappa shape index (κ2) is 3.56. The number of benzene rings is 1. The first-order valence-corrected chi connectivity index (χ1v) is 5.51. The zero-order valence-corrected chi connectivity index (χ0v) is 9.27. The lowest BCUT2D eigenvalue weighted by Crippen LogP contribution is -2.22. The minimum absolute atomic E-state index is 0.132. The molecular formula is C12H16ClN. The van der Waals surface area contributed by atoms with Crippen molar-refractivity contribution in [2.24, 2.45) is 5.73 Å². The average molecular weight is 210 g/mol. The SMILES string of the molecule is Cc1cccc(CCC2(N)CC2)c1Cl. The molecule has 0 heterocycles. The molecule has 0 spiro atoms. The standard InChI is InChI=1S/C12H16ClN/c1-9-3-2-4-10(11(9)13)5-6-12(14)7-8-12/h2-4H,5-8,14H2,1H3. The molecule has 1 aromatic rings. The molecular weight excluding hydrogens is 194 g/mol. The molecule has 0 aromatic heterocycles. The molecule has 0 bridgehead atoms. The predicted molar refractivity (Wildman–Crippen MR) is 60.7 cm³/mol. The van der Waals surface area contributed by atoms with Crippen LogP contribution in [0.1, 0.15) is 30.4 Å². The third-order valence-corrected chi connectivity index (χ3v) is 3.60. The number of nitrogens with two attached hydrogens (primary N) is 1. The monoisotopic (exact) mass is 209 g/mol. The van der Waals surface area contributed by atoms with Gasteiger partial charge in [0.2, 0.25) is 0 Å². The van der Waals surface area contributed by atoms with Crippen molar-refractivity contribution in [3.63, 3.8) is 0 Å². The summed E-state index contributed by atoms with van der Waals surface area (Å²) in [7, 11) is 0. The molecule has 2 N–H and O–H groups in total. The van der Waals surface area contributed by atoms with Crippen LogP contribution in [-0.2, 0) is 6.42 Å². The first-order chi connectivity index (χ1) is 6.61. The van der Waals surface area contributed by atoms with Gasteiger partial charge in [-0.05, 0) is 43.7 Å². The van der Waals surface area contributed by atoms with E-state index in [0.717, 1.165) is 23.4 Å². The fourth-order valence-corrected chi connectivity index (χ4v) is 1.92. The van der Waals surface area contributed by atoms with Crippen molar-refractivity contribution in [1.29, 1.82) is 0 Å². The Labute approximate surface area is 90.3 Å². The van der Waals surface area contributed by atoms with Crippen molar-refractivity contribution in [2.45, 2.75) is 38.1 Å². The molecule has 1 nitrogen and oxygen atoms in total. The number of aryl methyl sites for hydroxylation is 2. The Morgan fingerprint density at radius 3 is 2.79 bits per heavy atom. The fraction of sp³-hybridized carbons (Fsp3) is 0.500. The van der Waals surface area contributed by atoms with Crippen LogP contribution >= 0.6 is 11.6 Å². The smallest absolute Gasteiger partial charge is 0.0467 e. The predicted octanol–water partition coefficient (Wildman–Crippen LogP) is 3.07. The minimum atomic E-state index is 0.132. The highest BCUT2D eigenvalue weighted by atomic mass is 35.5. The van der Waals surface area contributed by atoms with E-state index in [1.807, 2.05) is 13.0 Å². The van der Waals surface area contributed by atoms with Crippen LogP contribution in [0.25, 0.3) is 0 Å². The Morgan fingerprint density at radius 2 is 2.14 bits per heavy atom. The van der Waals surface area contributed by atoms with Crippen molar-refractivity contribution in [1.82, 2.24) is 0 Å². The van der Waals surface area contributed by atoms with Crippen molar-refractivity contribution in [3.8, 4) is 0 Å². The highest BCUT2D eigenvalue weighted by Crippen LogP contribution is 2.37. The maximum atomic E-state index is 6.20. The van der Waals surface area contributed by atoms with Crippen LogP contribution in [0.2, 0.25) is 5.02 Å². The second-order valence-electron chi connectivity index (χ2n) is 4.41. The molecule has 14 heavy (non-hydrogen) atoms. The largest absolute Gasteiger partial charge is 0.325 e. The molecule has 0 radical (unpaired) electrons. The van der Waals surface area contributed by atoms with Crippen LogP contribution in [0.3, 0.4) is 0 Å². The van der Waals surface area contributed by atoms with E-state index in [-0.39, 0.29) is 5.54 Å². The highest BCUT2D eigenvalue weighted by molar-refractivity contribution is 6.32. The van der Waals surface area contributed by atoms with Gasteiger partial charge in [0.05, 0.1) is 0 Å². The molecule has 76 valence electrons. The lowest BCUT2D eigenvalue weighted by Gasteiger charge is -2.10. The molecule has 1 fully saturated rings. The summed E-state index contributed by atoms with van der Waals surface area (Å²) in [6, 6.07) is 6.20. The van der Waals surface area contributed by atoms with Crippen molar-refractivity contribution in [2.75, 3.05) is 0 Å². The van der Waals surface area contributed by atoms with E-state index >= 15 is 0 Å². The first-order valence-electron chi connectivity index (χ1n) is 5.14. The van der Waals surface area contributed by atoms with Gasteiger partial charge in [-0.1, -0.05) is 29.8 Å². The van der Waals surface area contributed by atoms with E-state index in [1.165, 1.54) is 18.4 Å². The van der Waals surface area contributed by atoms with Crippen LogP contribution in [0.5, 0.6) is 0 Å². The Morgan fingerprint density at radius 1 is 1.43 bits per heavy atom. The van der Waals surface area contributed by atoms with Crippen molar-refractivity contribution in [3.05, 3.63) is 34.3 Å². The van der Waals surface area contributed by atoms with Gasteiger partial charge in [0.25, 0.3) is 0 Å². The van der Waals surface area contributed by atoms with Gasteiger partial charge < -0.3 is 5.73 Å². The van der Waals surface area contributed by atoms with Gasteiger partial charge in [-0.2, -0.15) is 0 Å². The summed E-state index contributed by atoms with van der Waals surface area (Å²) in [6.45, 7) is 2.04. The first kappa shape index (κ1) is 10.0.